The molecule has 4 aromatic rings. The number of amides is 1. The molecule has 0 saturated heterocycles. The van der Waals surface area contributed by atoms with Gasteiger partial charge in [-0.25, -0.2) is 4.68 Å². The van der Waals surface area contributed by atoms with E-state index < -0.39 is 0 Å². The van der Waals surface area contributed by atoms with Crippen LogP contribution in [0.25, 0.3) is 16.3 Å². The van der Waals surface area contributed by atoms with Gasteiger partial charge < -0.3 is 5.32 Å². The third-order valence-electron chi connectivity index (χ3n) is 4.34. The number of rotatable bonds is 6. The first-order valence-electron chi connectivity index (χ1n) is 9.19. The lowest BCUT2D eigenvalue weighted by Gasteiger charge is -2.05. The Labute approximate surface area is 171 Å². The summed E-state index contributed by atoms with van der Waals surface area (Å²) >= 11 is 1.44. The van der Waals surface area contributed by atoms with Crippen molar-refractivity contribution >= 4 is 17.2 Å². The zero-order valence-electron chi connectivity index (χ0n) is 16.0. The average Bonchev–Trinajstić information content (AvgIpc) is 3.42. The second-order valence-electron chi connectivity index (χ2n) is 6.36. The molecule has 0 bridgehead atoms. The van der Waals surface area contributed by atoms with Crippen LogP contribution >= 0.6 is 11.3 Å². The Bertz CT molecular complexity index is 1140. The lowest BCUT2D eigenvalue weighted by molar-refractivity contribution is 0.0945. The second kappa shape index (κ2) is 8.27. The van der Waals surface area contributed by atoms with E-state index in [0.29, 0.717) is 0 Å². The molecule has 0 unspecified atom stereocenters. The quantitative estimate of drug-likeness (QED) is 0.529. The van der Waals surface area contributed by atoms with E-state index in [2.05, 4.69) is 37.7 Å². The van der Waals surface area contributed by atoms with Crippen LogP contribution in [0.4, 0.5) is 0 Å². The molecule has 9 heteroatoms. The number of nitrogens with one attached hydrogen (secondary N) is 1. The van der Waals surface area contributed by atoms with Crippen LogP contribution in [0.5, 0.6) is 0 Å². The Morgan fingerprint density at radius 1 is 1.10 bits per heavy atom. The fourth-order valence-electron chi connectivity index (χ4n) is 2.80. The van der Waals surface area contributed by atoms with E-state index in [-0.39, 0.29) is 18.1 Å². The van der Waals surface area contributed by atoms with Gasteiger partial charge >= 0.3 is 0 Å². The number of pyridine rings is 1. The maximum Gasteiger partial charge on any atom is 0.273 e. The third-order valence-corrected chi connectivity index (χ3v) is 5.31. The predicted octanol–water partition coefficient (Wildman–Crippen LogP) is 2.98. The van der Waals surface area contributed by atoms with Crippen LogP contribution in [0, 0.1) is 6.92 Å². The highest BCUT2D eigenvalue weighted by Crippen LogP contribution is 2.22. The summed E-state index contributed by atoms with van der Waals surface area (Å²) in [6, 6.07) is 13.7. The second-order valence-corrected chi connectivity index (χ2v) is 7.42. The van der Waals surface area contributed by atoms with Gasteiger partial charge in [0.15, 0.2) is 5.69 Å². The molecule has 0 aliphatic carbocycles. The fourth-order valence-corrected chi connectivity index (χ4v) is 3.58. The van der Waals surface area contributed by atoms with Crippen molar-refractivity contribution in [1.29, 1.82) is 0 Å². The summed E-state index contributed by atoms with van der Waals surface area (Å²) in [6.45, 7) is 4.25. The molecule has 0 aliphatic heterocycles. The van der Waals surface area contributed by atoms with Crippen LogP contribution in [0.1, 0.15) is 33.8 Å². The maximum absolute atomic E-state index is 12.4. The van der Waals surface area contributed by atoms with E-state index in [4.69, 9.17) is 0 Å². The Kier molecular flexibility index (Phi) is 5.39. The van der Waals surface area contributed by atoms with Crippen LogP contribution in [-0.4, -0.2) is 36.1 Å². The van der Waals surface area contributed by atoms with Crippen molar-refractivity contribution in [1.82, 2.24) is 35.5 Å². The number of carbonyl (C=O) groups is 1. The van der Waals surface area contributed by atoms with Crippen molar-refractivity contribution < 1.29 is 4.79 Å². The molecular formula is C20H19N7OS. The number of carbonyl (C=O) groups excluding carboxylic acids is 1. The van der Waals surface area contributed by atoms with Crippen LogP contribution in [-0.2, 0) is 13.0 Å². The summed E-state index contributed by atoms with van der Waals surface area (Å²) in [5.74, 6) is -0.316. The first kappa shape index (κ1) is 18.9. The molecule has 0 atom stereocenters. The molecule has 4 rings (SSSR count). The number of hydrogen-bond acceptors (Lipinski definition) is 7. The smallest absolute Gasteiger partial charge is 0.273 e. The SMILES string of the molecule is CCc1ccc(-n2cc(C(=O)NCc3nnc(-c4ccccc4)s3)nn2)c(C)n1. The van der Waals surface area contributed by atoms with Crippen LogP contribution in [0.2, 0.25) is 0 Å². The van der Waals surface area contributed by atoms with E-state index in [0.717, 1.165) is 39.1 Å². The molecule has 1 amide bonds. The summed E-state index contributed by atoms with van der Waals surface area (Å²) in [4.78, 5) is 17.0. The summed E-state index contributed by atoms with van der Waals surface area (Å²) in [6.07, 6.45) is 2.46. The van der Waals surface area contributed by atoms with Gasteiger partial charge in [-0.15, -0.1) is 15.3 Å². The van der Waals surface area contributed by atoms with Gasteiger partial charge in [-0.2, -0.15) is 0 Å². The highest BCUT2D eigenvalue weighted by molar-refractivity contribution is 7.14. The van der Waals surface area contributed by atoms with Crippen molar-refractivity contribution in [2.24, 2.45) is 0 Å². The van der Waals surface area contributed by atoms with Gasteiger partial charge in [0.05, 0.1) is 24.1 Å². The lowest BCUT2D eigenvalue weighted by Crippen LogP contribution is -2.23. The van der Waals surface area contributed by atoms with Crippen molar-refractivity contribution in [3.63, 3.8) is 0 Å². The zero-order valence-corrected chi connectivity index (χ0v) is 16.8. The molecule has 0 aliphatic rings. The third kappa shape index (κ3) is 4.19. The number of aryl methyl sites for hydroxylation is 2. The largest absolute Gasteiger partial charge is 0.344 e. The summed E-state index contributed by atoms with van der Waals surface area (Å²) in [7, 11) is 0. The van der Waals surface area contributed by atoms with Gasteiger partial charge in [-0.05, 0) is 25.5 Å². The van der Waals surface area contributed by atoms with E-state index in [1.165, 1.54) is 11.3 Å². The Hall–Kier alpha value is -3.46. The average molecular weight is 405 g/mol. The van der Waals surface area contributed by atoms with E-state index in [9.17, 15) is 4.79 Å². The maximum atomic E-state index is 12.4. The van der Waals surface area contributed by atoms with Crippen LogP contribution in [0.3, 0.4) is 0 Å². The standard InChI is InChI=1S/C20H19N7OS/c1-3-15-9-10-17(13(2)22-15)27-12-16(23-26-27)19(28)21-11-18-24-25-20(29-18)14-7-5-4-6-8-14/h4-10,12H,3,11H2,1-2H3,(H,21,28). The predicted molar refractivity (Wildman–Crippen MR) is 110 cm³/mol. The highest BCUT2D eigenvalue weighted by atomic mass is 32.1. The Morgan fingerprint density at radius 3 is 2.69 bits per heavy atom. The molecule has 0 fully saturated rings. The summed E-state index contributed by atoms with van der Waals surface area (Å²) in [5, 5.41) is 20.7. The number of hydrogen-bond donors (Lipinski definition) is 1. The van der Waals surface area contributed by atoms with Gasteiger partial charge in [-0.3, -0.25) is 9.78 Å². The van der Waals surface area contributed by atoms with Gasteiger partial charge in [0.25, 0.3) is 5.91 Å². The monoisotopic (exact) mass is 405 g/mol. The molecule has 3 heterocycles. The number of aromatic nitrogens is 6. The molecular weight excluding hydrogens is 386 g/mol. The topological polar surface area (TPSA) is 98.5 Å². The zero-order chi connectivity index (χ0) is 20.2. The van der Waals surface area contributed by atoms with Crippen molar-refractivity contribution in [3.05, 3.63) is 70.8 Å². The van der Waals surface area contributed by atoms with E-state index in [1.807, 2.05) is 49.4 Å². The van der Waals surface area contributed by atoms with Crippen molar-refractivity contribution in [2.75, 3.05) is 0 Å². The first-order valence-corrected chi connectivity index (χ1v) is 10.0. The van der Waals surface area contributed by atoms with Crippen molar-refractivity contribution in [3.8, 4) is 16.3 Å². The van der Waals surface area contributed by atoms with Crippen molar-refractivity contribution in [2.45, 2.75) is 26.8 Å². The minimum atomic E-state index is -0.316. The molecule has 8 nitrogen and oxygen atoms in total. The highest BCUT2D eigenvalue weighted by Gasteiger charge is 2.14. The molecule has 0 saturated carbocycles. The Morgan fingerprint density at radius 2 is 1.93 bits per heavy atom. The molecule has 3 aromatic heterocycles. The minimum absolute atomic E-state index is 0.233. The Balaban J connectivity index is 1.42. The lowest BCUT2D eigenvalue weighted by atomic mass is 10.2. The molecule has 146 valence electrons. The number of benzene rings is 1. The van der Waals surface area contributed by atoms with Gasteiger partial charge in [-0.1, -0.05) is 53.8 Å². The first-order chi connectivity index (χ1) is 14.1. The van der Waals surface area contributed by atoms with Crippen LogP contribution < -0.4 is 5.32 Å². The molecule has 1 aromatic carbocycles. The molecule has 0 radical (unpaired) electrons. The fraction of sp³-hybridized carbons (Fsp3) is 0.200. The number of nitrogens with zero attached hydrogens (tertiary/aromatic N) is 6. The van der Waals surface area contributed by atoms with Gasteiger partial charge in [0, 0.05) is 11.3 Å². The van der Waals surface area contributed by atoms with Crippen LogP contribution in [0.15, 0.2) is 48.7 Å². The molecule has 0 spiro atoms. The molecule has 1 N–H and O–H groups in total. The van der Waals surface area contributed by atoms with Gasteiger partial charge in [0.2, 0.25) is 0 Å². The van der Waals surface area contributed by atoms with E-state index >= 15 is 0 Å². The minimum Gasteiger partial charge on any atom is -0.344 e. The van der Waals surface area contributed by atoms with Gasteiger partial charge in [0.1, 0.15) is 10.0 Å². The molecule has 29 heavy (non-hydrogen) atoms. The summed E-state index contributed by atoms with van der Waals surface area (Å²) in [5.41, 5.74) is 3.88. The summed E-state index contributed by atoms with van der Waals surface area (Å²) < 4.78 is 1.56. The van der Waals surface area contributed by atoms with E-state index in [1.54, 1.807) is 10.9 Å². The normalized spacial score (nSPS) is 10.8.